The van der Waals surface area contributed by atoms with Gasteiger partial charge in [-0.05, 0) is 57.5 Å². The van der Waals surface area contributed by atoms with E-state index in [2.05, 4.69) is 5.32 Å². The second-order valence-electron chi connectivity index (χ2n) is 7.09. The van der Waals surface area contributed by atoms with E-state index in [1.54, 1.807) is 31.2 Å². The molecule has 0 saturated carbocycles. The molecule has 0 spiro atoms. The average Bonchev–Trinajstić information content (AvgIpc) is 2.65. The Bertz CT molecular complexity index is 788. The lowest BCUT2D eigenvalue weighted by Gasteiger charge is -2.29. The Hall–Kier alpha value is -2.53. The summed E-state index contributed by atoms with van der Waals surface area (Å²) in [4.78, 5) is 26.9. The van der Waals surface area contributed by atoms with Crippen LogP contribution in [-0.2, 0) is 16.1 Å². The van der Waals surface area contributed by atoms with E-state index in [1.165, 1.54) is 4.90 Å². The van der Waals surface area contributed by atoms with Gasteiger partial charge < -0.3 is 15.0 Å². The Kier molecular flexibility index (Phi) is 7.88. The fourth-order valence-electron chi connectivity index (χ4n) is 2.64. The minimum absolute atomic E-state index is 0.00315. The van der Waals surface area contributed by atoms with Crippen molar-refractivity contribution in [1.82, 2.24) is 10.2 Å². The summed E-state index contributed by atoms with van der Waals surface area (Å²) in [6.45, 7) is 7.68. The van der Waals surface area contributed by atoms with Crippen LogP contribution in [0, 0.1) is 6.92 Å². The molecule has 0 bridgehead atoms. The van der Waals surface area contributed by atoms with Gasteiger partial charge in [-0.1, -0.05) is 41.4 Å². The SMILES string of the molecule is Cc1ccc(CN(C(=O)COc2ccc(Cl)cc2)[C@H](C)C(=O)NC(C)C)cc1. The first-order valence-corrected chi connectivity index (χ1v) is 9.68. The van der Waals surface area contributed by atoms with Crippen molar-refractivity contribution in [2.75, 3.05) is 6.61 Å². The number of nitrogens with zero attached hydrogens (tertiary/aromatic N) is 1. The minimum Gasteiger partial charge on any atom is -0.484 e. The molecule has 6 heteroatoms. The number of carbonyl (C=O) groups is 2. The van der Waals surface area contributed by atoms with Crippen LogP contribution < -0.4 is 10.1 Å². The number of hydrogen-bond donors (Lipinski definition) is 1. The molecule has 0 unspecified atom stereocenters. The van der Waals surface area contributed by atoms with Crippen molar-refractivity contribution in [1.29, 1.82) is 0 Å². The van der Waals surface area contributed by atoms with Crippen LogP contribution in [0.15, 0.2) is 48.5 Å². The Morgan fingerprint density at radius 1 is 1.04 bits per heavy atom. The van der Waals surface area contributed by atoms with Crippen molar-refractivity contribution in [3.8, 4) is 5.75 Å². The molecular weight excluding hydrogens is 376 g/mol. The molecule has 28 heavy (non-hydrogen) atoms. The molecule has 0 fully saturated rings. The van der Waals surface area contributed by atoms with Gasteiger partial charge in [-0.15, -0.1) is 0 Å². The normalized spacial score (nSPS) is 11.8. The number of benzene rings is 2. The lowest BCUT2D eigenvalue weighted by molar-refractivity contribution is -0.142. The van der Waals surface area contributed by atoms with Gasteiger partial charge in [0.2, 0.25) is 5.91 Å². The number of rotatable bonds is 8. The van der Waals surface area contributed by atoms with Crippen molar-refractivity contribution >= 4 is 23.4 Å². The highest BCUT2D eigenvalue weighted by Crippen LogP contribution is 2.16. The zero-order valence-electron chi connectivity index (χ0n) is 16.7. The van der Waals surface area contributed by atoms with Crippen molar-refractivity contribution in [2.45, 2.75) is 46.3 Å². The molecule has 2 aromatic carbocycles. The molecule has 5 nitrogen and oxygen atoms in total. The van der Waals surface area contributed by atoms with Crippen molar-refractivity contribution < 1.29 is 14.3 Å². The first kappa shape index (κ1) is 21.8. The van der Waals surface area contributed by atoms with Crippen LogP contribution in [0.3, 0.4) is 0 Å². The topological polar surface area (TPSA) is 58.6 Å². The predicted octanol–water partition coefficient (Wildman–Crippen LogP) is 3.97. The Balaban J connectivity index is 2.12. The van der Waals surface area contributed by atoms with Crippen LogP contribution in [0.1, 0.15) is 31.9 Å². The number of amides is 2. The molecule has 2 amide bonds. The molecular formula is C22H27ClN2O3. The average molecular weight is 403 g/mol. The largest absolute Gasteiger partial charge is 0.484 e. The van der Waals surface area contributed by atoms with Crippen LogP contribution in [0.4, 0.5) is 0 Å². The van der Waals surface area contributed by atoms with E-state index >= 15 is 0 Å². The summed E-state index contributed by atoms with van der Waals surface area (Å²) in [6, 6.07) is 14.1. The maximum atomic E-state index is 12.9. The van der Waals surface area contributed by atoms with Crippen molar-refractivity contribution in [2.24, 2.45) is 0 Å². The summed E-state index contributed by atoms with van der Waals surface area (Å²) in [5, 5.41) is 3.46. The Labute approximate surface area is 171 Å². The van der Waals surface area contributed by atoms with Gasteiger partial charge >= 0.3 is 0 Å². The van der Waals surface area contributed by atoms with Gasteiger partial charge in [-0.25, -0.2) is 0 Å². The van der Waals surface area contributed by atoms with Gasteiger partial charge in [0.05, 0.1) is 0 Å². The quantitative estimate of drug-likeness (QED) is 0.726. The molecule has 2 rings (SSSR count). The van der Waals surface area contributed by atoms with E-state index in [0.29, 0.717) is 17.3 Å². The highest BCUT2D eigenvalue weighted by Gasteiger charge is 2.26. The van der Waals surface area contributed by atoms with Crippen molar-refractivity contribution in [3.63, 3.8) is 0 Å². The molecule has 1 N–H and O–H groups in total. The van der Waals surface area contributed by atoms with Crippen LogP contribution in [-0.4, -0.2) is 35.4 Å². The van der Waals surface area contributed by atoms with E-state index in [-0.39, 0.29) is 24.5 Å². The van der Waals surface area contributed by atoms with E-state index in [4.69, 9.17) is 16.3 Å². The predicted molar refractivity (Wildman–Crippen MR) is 111 cm³/mol. The summed E-state index contributed by atoms with van der Waals surface area (Å²) in [5.41, 5.74) is 2.09. The lowest BCUT2D eigenvalue weighted by atomic mass is 10.1. The molecule has 150 valence electrons. The monoisotopic (exact) mass is 402 g/mol. The number of aryl methyl sites for hydroxylation is 1. The number of halogens is 1. The summed E-state index contributed by atoms with van der Waals surface area (Å²) >= 11 is 5.87. The van der Waals surface area contributed by atoms with Crippen LogP contribution in [0.5, 0.6) is 5.75 Å². The number of nitrogens with one attached hydrogen (secondary N) is 1. The minimum atomic E-state index is -0.620. The van der Waals surface area contributed by atoms with Gasteiger partial charge in [0.1, 0.15) is 11.8 Å². The van der Waals surface area contributed by atoms with Gasteiger partial charge in [-0.2, -0.15) is 0 Å². The zero-order valence-corrected chi connectivity index (χ0v) is 17.5. The van der Waals surface area contributed by atoms with Crippen LogP contribution >= 0.6 is 11.6 Å². The first-order chi connectivity index (χ1) is 13.3. The van der Waals surface area contributed by atoms with Gasteiger partial charge in [0.15, 0.2) is 6.61 Å². The molecule has 0 aliphatic carbocycles. The second kappa shape index (κ2) is 10.1. The summed E-state index contributed by atoms with van der Waals surface area (Å²) in [6.07, 6.45) is 0. The van der Waals surface area contributed by atoms with E-state index in [1.807, 2.05) is 45.0 Å². The molecule has 0 aliphatic rings. The van der Waals surface area contributed by atoms with Gasteiger partial charge in [0.25, 0.3) is 5.91 Å². The molecule has 0 saturated heterocycles. The van der Waals surface area contributed by atoms with Gasteiger partial charge in [0, 0.05) is 17.6 Å². The Morgan fingerprint density at radius 3 is 2.21 bits per heavy atom. The van der Waals surface area contributed by atoms with Crippen LogP contribution in [0.2, 0.25) is 5.02 Å². The summed E-state index contributed by atoms with van der Waals surface area (Å²) < 4.78 is 5.59. The number of ether oxygens (including phenoxy) is 1. The lowest BCUT2D eigenvalue weighted by Crippen LogP contribution is -2.50. The fourth-order valence-corrected chi connectivity index (χ4v) is 2.76. The highest BCUT2D eigenvalue weighted by atomic mass is 35.5. The number of hydrogen-bond acceptors (Lipinski definition) is 3. The number of carbonyl (C=O) groups excluding carboxylic acids is 2. The standard InChI is InChI=1S/C22H27ClN2O3/c1-15(2)24-22(27)17(4)25(13-18-7-5-16(3)6-8-18)21(26)14-28-20-11-9-19(23)10-12-20/h5-12,15,17H,13-14H2,1-4H3,(H,24,27)/t17-/m1/s1. The molecule has 0 radical (unpaired) electrons. The third kappa shape index (κ3) is 6.57. The summed E-state index contributed by atoms with van der Waals surface area (Å²) in [5.74, 6) is 0.0937. The van der Waals surface area contributed by atoms with E-state index < -0.39 is 6.04 Å². The first-order valence-electron chi connectivity index (χ1n) is 9.30. The smallest absolute Gasteiger partial charge is 0.261 e. The maximum absolute atomic E-state index is 12.9. The third-order valence-corrected chi connectivity index (χ3v) is 4.50. The highest BCUT2D eigenvalue weighted by molar-refractivity contribution is 6.30. The molecule has 0 aromatic heterocycles. The Morgan fingerprint density at radius 2 is 1.64 bits per heavy atom. The van der Waals surface area contributed by atoms with Gasteiger partial charge in [-0.3, -0.25) is 9.59 Å². The second-order valence-corrected chi connectivity index (χ2v) is 7.53. The van der Waals surface area contributed by atoms with E-state index in [0.717, 1.165) is 11.1 Å². The molecule has 2 aromatic rings. The molecule has 1 atom stereocenters. The molecule has 0 heterocycles. The van der Waals surface area contributed by atoms with Crippen LogP contribution in [0.25, 0.3) is 0 Å². The maximum Gasteiger partial charge on any atom is 0.261 e. The van der Waals surface area contributed by atoms with Crippen molar-refractivity contribution in [3.05, 3.63) is 64.7 Å². The van der Waals surface area contributed by atoms with E-state index in [9.17, 15) is 9.59 Å². The summed E-state index contributed by atoms with van der Waals surface area (Å²) in [7, 11) is 0. The zero-order chi connectivity index (χ0) is 20.7. The fraction of sp³-hybridized carbons (Fsp3) is 0.364. The third-order valence-electron chi connectivity index (χ3n) is 4.25. The molecule has 0 aliphatic heterocycles.